The molecule has 0 spiro atoms. The molecule has 0 aliphatic carbocycles. The first-order chi connectivity index (χ1) is 12.0. The lowest BCUT2D eigenvalue weighted by Gasteiger charge is -2.33. The molecule has 26 heavy (non-hydrogen) atoms. The summed E-state index contributed by atoms with van der Waals surface area (Å²) in [4.78, 5) is 12.5. The second kappa shape index (κ2) is 8.56. The van der Waals surface area contributed by atoms with Crippen LogP contribution in [-0.2, 0) is 0 Å². The van der Waals surface area contributed by atoms with E-state index in [4.69, 9.17) is 0 Å². The van der Waals surface area contributed by atoms with Gasteiger partial charge in [0.15, 0.2) is 11.6 Å². The molecule has 0 bridgehead atoms. The highest BCUT2D eigenvalue weighted by Crippen LogP contribution is 2.27. The van der Waals surface area contributed by atoms with Crippen LogP contribution in [0, 0.1) is 24.4 Å². The number of aryl methyl sites for hydroxylation is 1. The maximum absolute atomic E-state index is 13.9. The zero-order valence-corrected chi connectivity index (χ0v) is 15.0. The molecule has 0 radical (unpaired) electrons. The summed E-state index contributed by atoms with van der Waals surface area (Å²) in [5.74, 6) is -3.09. The molecule has 2 N–H and O–H groups in total. The van der Waals surface area contributed by atoms with Crippen molar-refractivity contribution in [1.82, 2.24) is 10.6 Å². The standard InChI is InChI=1S/C19H19F3N2O.ClH/c1-11-2-4-15(20)14(8-11)19(25)24-18-10-23-7-6-13(18)12-3-5-16(21)17(22)9-12;/h2-5,8-9,13,18,23H,6-7,10H2,1H3,(H,24,25);1H. The van der Waals surface area contributed by atoms with Gasteiger partial charge in [-0.15, -0.1) is 12.4 Å². The van der Waals surface area contributed by atoms with Gasteiger partial charge >= 0.3 is 0 Å². The Hall–Kier alpha value is -2.05. The Morgan fingerprint density at radius 3 is 2.54 bits per heavy atom. The van der Waals surface area contributed by atoms with Crippen LogP contribution in [0.3, 0.4) is 0 Å². The van der Waals surface area contributed by atoms with Crippen molar-refractivity contribution in [1.29, 1.82) is 0 Å². The number of piperidine rings is 1. The zero-order chi connectivity index (χ0) is 18.0. The Morgan fingerprint density at radius 2 is 1.81 bits per heavy atom. The number of carbonyl (C=O) groups excluding carboxylic acids is 1. The van der Waals surface area contributed by atoms with Crippen molar-refractivity contribution in [3.05, 3.63) is 70.5 Å². The summed E-state index contributed by atoms with van der Waals surface area (Å²) in [5.41, 5.74) is 1.38. The molecule has 1 heterocycles. The van der Waals surface area contributed by atoms with Crippen LogP contribution >= 0.6 is 12.4 Å². The predicted octanol–water partition coefficient (Wildman–Crippen LogP) is 3.71. The van der Waals surface area contributed by atoms with Crippen molar-refractivity contribution >= 4 is 18.3 Å². The monoisotopic (exact) mass is 384 g/mol. The Kier molecular flexibility index (Phi) is 6.67. The summed E-state index contributed by atoms with van der Waals surface area (Å²) in [6, 6.07) is 7.79. The second-order valence-electron chi connectivity index (χ2n) is 6.34. The average molecular weight is 385 g/mol. The van der Waals surface area contributed by atoms with Gasteiger partial charge in [-0.05, 0) is 49.7 Å². The number of carbonyl (C=O) groups is 1. The van der Waals surface area contributed by atoms with E-state index in [2.05, 4.69) is 10.6 Å². The first-order valence-corrected chi connectivity index (χ1v) is 8.18. The van der Waals surface area contributed by atoms with Crippen LogP contribution in [0.2, 0.25) is 0 Å². The quantitative estimate of drug-likeness (QED) is 0.847. The first-order valence-electron chi connectivity index (χ1n) is 8.18. The van der Waals surface area contributed by atoms with Gasteiger partial charge in [0.2, 0.25) is 0 Å². The molecule has 1 saturated heterocycles. The van der Waals surface area contributed by atoms with Gasteiger partial charge in [-0.3, -0.25) is 4.79 Å². The van der Waals surface area contributed by atoms with E-state index >= 15 is 0 Å². The average Bonchev–Trinajstić information content (AvgIpc) is 2.60. The number of rotatable bonds is 3. The van der Waals surface area contributed by atoms with E-state index in [1.54, 1.807) is 13.0 Å². The number of hydrogen-bond donors (Lipinski definition) is 2. The second-order valence-corrected chi connectivity index (χ2v) is 6.34. The van der Waals surface area contributed by atoms with E-state index < -0.39 is 23.4 Å². The molecule has 1 aliphatic heterocycles. The number of benzene rings is 2. The van der Waals surface area contributed by atoms with Crippen LogP contribution in [0.1, 0.15) is 33.8 Å². The van der Waals surface area contributed by atoms with Crippen molar-refractivity contribution in [3.63, 3.8) is 0 Å². The van der Waals surface area contributed by atoms with E-state index in [9.17, 15) is 18.0 Å². The number of hydrogen-bond acceptors (Lipinski definition) is 2. The topological polar surface area (TPSA) is 41.1 Å². The third-order valence-electron chi connectivity index (χ3n) is 4.54. The van der Waals surface area contributed by atoms with Gasteiger partial charge in [0.25, 0.3) is 5.91 Å². The van der Waals surface area contributed by atoms with E-state index in [0.717, 1.165) is 17.7 Å². The van der Waals surface area contributed by atoms with E-state index in [1.165, 1.54) is 18.2 Å². The smallest absolute Gasteiger partial charge is 0.254 e. The summed E-state index contributed by atoms with van der Waals surface area (Å²) in [7, 11) is 0. The van der Waals surface area contributed by atoms with Crippen LogP contribution in [-0.4, -0.2) is 25.0 Å². The normalized spacial score (nSPS) is 19.5. The van der Waals surface area contributed by atoms with Crippen molar-refractivity contribution in [3.8, 4) is 0 Å². The van der Waals surface area contributed by atoms with Crippen LogP contribution in [0.5, 0.6) is 0 Å². The summed E-state index contributed by atoms with van der Waals surface area (Å²) in [6.45, 7) is 2.96. The zero-order valence-electron chi connectivity index (χ0n) is 14.2. The van der Waals surface area contributed by atoms with Crippen molar-refractivity contribution in [2.24, 2.45) is 0 Å². The molecule has 7 heteroatoms. The lowest BCUT2D eigenvalue weighted by Crippen LogP contribution is -2.50. The summed E-state index contributed by atoms with van der Waals surface area (Å²) < 4.78 is 40.7. The number of amides is 1. The molecule has 3 nitrogen and oxygen atoms in total. The summed E-state index contributed by atoms with van der Waals surface area (Å²) >= 11 is 0. The van der Waals surface area contributed by atoms with Gasteiger partial charge in [-0.25, -0.2) is 13.2 Å². The SMILES string of the molecule is Cc1ccc(F)c(C(=O)NC2CNCCC2c2ccc(F)c(F)c2)c1.Cl. The van der Waals surface area contributed by atoms with E-state index in [-0.39, 0.29) is 29.9 Å². The fraction of sp³-hybridized carbons (Fsp3) is 0.316. The third kappa shape index (κ3) is 4.37. The van der Waals surface area contributed by atoms with Gasteiger partial charge in [-0.2, -0.15) is 0 Å². The van der Waals surface area contributed by atoms with E-state index in [1.807, 2.05) is 0 Å². The number of nitrogens with one attached hydrogen (secondary N) is 2. The van der Waals surface area contributed by atoms with Crippen molar-refractivity contribution < 1.29 is 18.0 Å². The highest BCUT2D eigenvalue weighted by Gasteiger charge is 2.29. The molecule has 1 aliphatic rings. The lowest BCUT2D eigenvalue weighted by atomic mass is 9.85. The molecule has 2 atom stereocenters. The van der Waals surface area contributed by atoms with Gasteiger partial charge in [0.05, 0.1) is 5.56 Å². The molecule has 1 amide bonds. The molecular weight excluding hydrogens is 365 g/mol. The van der Waals surface area contributed by atoms with Crippen LogP contribution in [0.15, 0.2) is 36.4 Å². The molecule has 1 fully saturated rings. The fourth-order valence-electron chi connectivity index (χ4n) is 3.21. The summed E-state index contributed by atoms with van der Waals surface area (Å²) in [5, 5.41) is 6.00. The van der Waals surface area contributed by atoms with Crippen molar-refractivity contribution in [2.75, 3.05) is 13.1 Å². The van der Waals surface area contributed by atoms with Gasteiger partial charge in [-0.1, -0.05) is 17.7 Å². The van der Waals surface area contributed by atoms with Gasteiger partial charge in [0, 0.05) is 18.5 Å². The maximum Gasteiger partial charge on any atom is 0.254 e. The van der Waals surface area contributed by atoms with E-state index in [0.29, 0.717) is 25.1 Å². The van der Waals surface area contributed by atoms with Gasteiger partial charge < -0.3 is 10.6 Å². The van der Waals surface area contributed by atoms with Crippen LogP contribution in [0.25, 0.3) is 0 Å². The Labute approximate surface area is 156 Å². The molecule has 2 aromatic carbocycles. The Bertz CT molecular complexity index is 800. The molecule has 0 saturated carbocycles. The molecule has 3 rings (SSSR count). The van der Waals surface area contributed by atoms with Crippen molar-refractivity contribution in [2.45, 2.75) is 25.3 Å². The highest BCUT2D eigenvalue weighted by atomic mass is 35.5. The maximum atomic E-state index is 13.9. The summed E-state index contributed by atoms with van der Waals surface area (Å²) in [6.07, 6.45) is 0.659. The number of halogens is 4. The Balaban J connectivity index is 0.00000243. The molecule has 140 valence electrons. The minimum Gasteiger partial charge on any atom is -0.347 e. The molecule has 2 unspecified atom stereocenters. The largest absolute Gasteiger partial charge is 0.347 e. The van der Waals surface area contributed by atoms with Gasteiger partial charge in [0.1, 0.15) is 5.82 Å². The van der Waals surface area contributed by atoms with Crippen LogP contribution < -0.4 is 10.6 Å². The molecule has 0 aromatic heterocycles. The Morgan fingerprint density at radius 1 is 1.08 bits per heavy atom. The minimum atomic E-state index is -0.911. The lowest BCUT2D eigenvalue weighted by molar-refractivity contribution is 0.0920. The minimum absolute atomic E-state index is 0. The fourth-order valence-corrected chi connectivity index (χ4v) is 3.21. The third-order valence-corrected chi connectivity index (χ3v) is 4.54. The molecular formula is C19H20ClF3N2O. The highest BCUT2D eigenvalue weighted by molar-refractivity contribution is 5.95. The molecule has 2 aromatic rings. The first kappa shape index (κ1) is 20.3. The van der Waals surface area contributed by atoms with Crippen LogP contribution in [0.4, 0.5) is 13.2 Å². The predicted molar refractivity (Wildman–Crippen MR) is 96.2 cm³/mol.